The number of anilines is 9. The Morgan fingerprint density at radius 2 is 0.410 bits per heavy atom. The molecule has 7 heteroatoms. The molecule has 0 unspecified atom stereocenters. The molecule has 0 N–H and O–H groups in total. The fourth-order valence-corrected chi connectivity index (χ4v) is 9.10. The molecule has 0 fully saturated rings. The van der Waals surface area contributed by atoms with Crippen LogP contribution in [0.15, 0.2) is 218 Å². The van der Waals surface area contributed by atoms with E-state index in [9.17, 15) is 0 Å². The van der Waals surface area contributed by atoms with Crippen LogP contribution in [0.25, 0.3) is 0 Å². The predicted molar refractivity (Wildman–Crippen MR) is 248 cm³/mol. The van der Waals surface area contributed by atoms with Crippen LogP contribution in [0.3, 0.4) is 0 Å². The van der Waals surface area contributed by atoms with Gasteiger partial charge >= 0.3 is 0 Å². The van der Waals surface area contributed by atoms with Crippen LogP contribution in [0.4, 0.5) is 51.2 Å². The summed E-state index contributed by atoms with van der Waals surface area (Å²) in [5, 5.41) is 0. The van der Waals surface area contributed by atoms with Crippen molar-refractivity contribution in [2.75, 3.05) is 14.7 Å². The van der Waals surface area contributed by atoms with E-state index in [1.807, 2.05) is 36.4 Å². The lowest BCUT2D eigenvalue weighted by atomic mass is 9.34. The van der Waals surface area contributed by atoms with Gasteiger partial charge in [0.2, 0.25) is 0 Å². The molecule has 12 rings (SSSR count). The minimum atomic E-state index is -0.195. The lowest BCUT2D eigenvalue weighted by molar-refractivity contribution is 0.443. The maximum Gasteiger partial charge on any atom is 0.270 e. The van der Waals surface area contributed by atoms with E-state index in [0.717, 1.165) is 102 Å². The van der Waals surface area contributed by atoms with Crippen LogP contribution < -0.4 is 45.3 Å². The monoisotopic (exact) mass is 785 g/mol. The number of benzene rings is 9. The second-order valence-electron chi connectivity index (χ2n) is 15.3. The average molecular weight is 786 g/mol. The summed E-state index contributed by atoms with van der Waals surface area (Å²) in [7, 11) is 0. The van der Waals surface area contributed by atoms with E-state index in [-0.39, 0.29) is 6.71 Å². The van der Waals surface area contributed by atoms with Crippen molar-refractivity contribution >= 4 is 74.3 Å². The van der Waals surface area contributed by atoms with E-state index in [0.29, 0.717) is 0 Å². The highest BCUT2D eigenvalue weighted by Gasteiger charge is 2.48. The second-order valence-corrected chi connectivity index (χ2v) is 15.3. The summed E-state index contributed by atoms with van der Waals surface area (Å²) in [5.74, 6) is 4.47. The minimum absolute atomic E-state index is 0.195. The Balaban J connectivity index is 1.10. The van der Waals surface area contributed by atoms with Gasteiger partial charge in [0, 0.05) is 86.9 Å². The first-order chi connectivity index (χ1) is 30.2. The maximum atomic E-state index is 7.13. The first kappa shape index (κ1) is 34.8. The molecule has 0 amide bonds. The lowest BCUT2D eigenvalue weighted by Gasteiger charge is -2.40. The van der Waals surface area contributed by atoms with Crippen molar-refractivity contribution in [3.8, 4) is 34.5 Å². The number of ether oxygens (including phenoxy) is 3. The molecule has 3 heterocycles. The van der Waals surface area contributed by atoms with Crippen molar-refractivity contribution in [2.45, 2.75) is 0 Å². The van der Waals surface area contributed by atoms with Gasteiger partial charge in [0.05, 0.1) is 17.1 Å². The van der Waals surface area contributed by atoms with Crippen LogP contribution in [0, 0.1) is 0 Å². The van der Waals surface area contributed by atoms with Crippen molar-refractivity contribution in [1.29, 1.82) is 0 Å². The fraction of sp³-hybridized carbons (Fsp3) is 0. The number of para-hydroxylation sites is 6. The quantitative estimate of drug-likeness (QED) is 0.136. The summed E-state index contributed by atoms with van der Waals surface area (Å²) in [5.41, 5.74) is 11.9. The van der Waals surface area contributed by atoms with Crippen LogP contribution >= 0.6 is 0 Å². The molecular formula is C54H36BN3O3. The molecule has 3 aliphatic rings. The van der Waals surface area contributed by atoms with Crippen molar-refractivity contribution < 1.29 is 14.2 Å². The molecule has 0 spiro atoms. The molecule has 0 bridgehead atoms. The van der Waals surface area contributed by atoms with Crippen LogP contribution in [0.5, 0.6) is 34.5 Å². The van der Waals surface area contributed by atoms with Crippen LogP contribution in [-0.4, -0.2) is 6.71 Å². The van der Waals surface area contributed by atoms with Crippen LogP contribution in [-0.2, 0) is 0 Å². The highest BCUT2D eigenvalue weighted by Crippen LogP contribution is 2.50. The third-order valence-corrected chi connectivity index (χ3v) is 11.7. The second kappa shape index (κ2) is 14.3. The van der Waals surface area contributed by atoms with Gasteiger partial charge in [0.15, 0.2) is 0 Å². The number of hydrogen-bond donors (Lipinski definition) is 0. The van der Waals surface area contributed by atoms with Gasteiger partial charge in [-0.1, -0.05) is 109 Å². The highest BCUT2D eigenvalue weighted by atomic mass is 16.5. The molecule has 0 atom stereocenters. The third kappa shape index (κ3) is 5.89. The Labute approximate surface area is 354 Å². The minimum Gasteiger partial charge on any atom is -0.458 e. The molecule has 0 aromatic heterocycles. The average Bonchev–Trinajstić information content (AvgIpc) is 3.31. The van der Waals surface area contributed by atoms with E-state index < -0.39 is 0 Å². The molecule has 0 saturated heterocycles. The zero-order valence-electron chi connectivity index (χ0n) is 32.9. The Morgan fingerprint density at radius 3 is 0.590 bits per heavy atom. The summed E-state index contributed by atoms with van der Waals surface area (Å²) in [6.45, 7) is -0.195. The zero-order valence-corrected chi connectivity index (χ0v) is 32.9. The van der Waals surface area contributed by atoms with Crippen molar-refractivity contribution in [2.24, 2.45) is 0 Å². The predicted octanol–water partition coefficient (Wildman–Crippen LogP) is 12.9. The summed E-state index contributed by atoms with van der Waals surface area (Å²) >= 11 is 0. The van der Waals surface area contributed by atoms with Gasteiger partial charge in [-0.05, 0) is 72.8 Å². The van der Waals surface area contributed by atoms with Crippen molar-refractivity contribution in [1.82, 2.24) is 0 Å². The van der Waals surface area contributed by atoms with E-state index in [1.165, 1.54) is 0 Å². The Kier molecular flexibility index (Phi) is 8.16. The van der Waals surface area contributed by atoms with Crippen molar-refractivity contribution in [3.63, 3.8) is 0 Å². The smallest absolute Gasteiger partial charge is 0.270 e. The SMILES string of the molecule is c1ccc(N(c2ccccc2)c2cc3c4c(c2)Oc2cc(N(c5ccccc5)c5ccccc5)cc5c2B4c2c(cc(N(c4ccccc4)c4ccccc4)cc2O5)O3)cc1. The Morgan fingerprint density at radius 1 is 0.230 bits per heavy atom. The van der Waals surface area contributed by atoms with Gasteiger partial charge < -0.3 is 28.9 Å². The molecule has 0 saturated carbocycles. The van der Waals surface area contributed by atoms with Crippen LogP contribution in [0.2, 0.25) is 0 Å². The van der Waals surface area contributed by atoms with Gasteiger partial charge in [-0.15, -0.1) is 0 Å². The van der Waals surface area contributed by atoms with Gasteiger partial charge in [-0.3, -0.25) is 0 Å². The molecule has 0 aliphatic carbocycles. The molecule has 3 aliphatic heterocycles. The summed E-state index contributed by atoms with van der Waals surface area (Å²) < 4.78 is 21.4. The molecule has 61 heavy (non-hydrogen) atoms. The van der Waals surface area contributed by atoms with E-state index >= 15 is 0 Å². The maximum absolute atomic E-state index is 7.13. The molecular weight excluding hydrogens is 749 g/mol. The Hall–Kier alpha value is -8.16. The third-order valence-electron chi connectivity index (χ3n) is 11.7. The zero-order chi connectivity index (χ0) is 40.3. The van der Waals surface area contributed by atoms with E-state index in [2.05, 4.69) is 197 Å². The van der Waals surface area contributed by atoms with E-state index in [4.69, 9.17) is 14.2 Å². The molecule has 288 valence electrons. The van der Waals surface area contributed by atoms with Gasteiger partial charge in [-0.2, -0.15) is 0 Å². The number of hydrogen-bond acceptors (Lipinski definition) is 6. The first-order valence-electron chi connectivity index (χ1n) is 20.5. The summed E-state index contributed by atoms with van der Waals surface area (Å²) in [6, 6.07) is 75.5. The first-order valence-corrected chi connectivity index (χ1v) is 20.5. The van der Waals surface area contributed by atoms with E-state index in [1.54, 1.807) is 0 Å². The normalized spacial score (nSPS) is 12.3. The van der Waals surface area contributed by atoms with Gasteiger partial charge in [-0.25, -0.2) is 0 Å². The summed E-state index contributed by atoms with van der Waals surface area (Å²) in [4.78, 5) is 6.75. The number of nitrogens with zero attached hydrogens (tertiary/aromatic N) is 3. The molecule has 9 aromatic rings. The standard InChI is InChI=1S/C54H36BN3O3/c1-7-19-37(20-8-1)56(38-21-9-2-10-22-38)43-31-46-52-47(32-43)60-49-34-45(58(41-27-15-5-16-28-41)42-29-17-6-18-30-42)36-51-54(49)55(52)53-48(59-46)33-44(35-50(53)61-51)57(39-23-11-3-12-24-39)40-25-13-4-14-26-40/h1-36H. The largest absolute Gasteiger partial charge is 0.458 e. The molecule has 9 aromatic carbocycles. The van der Waals surface area contributed by atoms with Crippen LogP contribution in [0.1, 0.15) is 0 Å². The number of rotatable bonds is 9. The molecule has 0 radical (unpaired) electrons. The molecule has 6 nitrogen and oxygen atoms in total. The summed E-state index contributed by atoms with van der Waals surface area (Å²) in [6.07, 6.45) is 0. The van der Waals surface area contributed by atoms with Gasteiger partial charge in [0.25, 0.3) is 6.71 Å². The van der Waals surface area contributed by atoms with Gasteiger partial charge in [0.1, 0.15) is 34.5 Å². The lowest BCUT2D eigenvalue weighted by Crippen LogP contribution is -2.59. The Bertz CT molecular complexity index is 2540. The van der Waals surface area contributed by atoms with Crippen molar-refractivity contribution in [3.05, 3.63) is 218 Å². The fourth-order valence-electron chi connectivity index (χ4n) is 9.10. The topological polar surface area (TPSA) is 37.4 Å². The highest BCUT2D eigenvalue weighted by molar-refractivity contribution is 6.99.